The van der Waals surface area contributed by atoms with Crippen LogP contribution in [0.15, 0.2) is 30.3 Å². The Morgan fingerprint density at radius 2 is 2.05 bits per heavy atom. The number of piperidine rings is 1. The minimum Gasteiger partial charge on any atom is -0.445 e. The van der Waals surface area contributed by atoms with E-state index in [0.29, 0.717) is 13.1 Å². The first kappa shape index (κ1) is 13.4. The molecule has 1 aromatic carbocycles. The van der Waals surface area contributed by atoms with Crippen LogP contribution in [0.1, 0.15) is 18.4 Å². The third kappa shape index (κ3) is 3.71. The lowest BCUT2D eigenvalue weighted by molar-refractivity contribution is -0.123. The molecule has 2 rings (SSSR count). The van der Waals surface area contributed by atoms with Crippen LogP contribution < -0.4 is 5.73 Å². The maximum atomic E-state index is 11.9. The number of nitrogens with zero attached hydrogens (tertiary/aromatic N) is 1. The van der Waals surface area contributed by atoms with Crippen LogP contribution in [-0.2, 0) is 16.1 Å². The number of benzene rings is 1. The minimum atomic E-state index is -0.380. The van der Waals surface area contributed by atoms with Crippen molar-refractivity contribution < 1.29 is 14.3 Å². The Kier molecular flexibility index (Phi) is 4.39. The van der Waals surface area contributed by atoms with Crippen molar-refractivity contribution in [1.82, 2.24) is 4.90 Å². The highest BCUT2D eigenvalue weighted by atomic mass is 16.6. The maximum Gasteiger partial charge on any atom is 0.410 e. The van der Waals surface area contributed by atoms with Crippen molar-refractivity contribution in [2.24, 2.45) is 11.7 Å². The van der Waals surface area contributed by atoms with Crippen molar-refractivity contribution in [2.45, 2.75) is 19.4 Å². The Morgan fingerprint density at radius 3 is 2.74 bits per heavy atom. The van der Waals surface area contributed by atoms with Gasteiger partial charge in [-0.2, -0.15) is 0 Å². The van der Waals surface area contributed by atoms with Gasteiger partial charge in [0.2, 0.25) is 5.91 Å². The van der Waals surface area contributed by atoms with Crippen LogP contribution in [0.5, 0.6) is 0 Å². The molecular weight excluding hydrogens is 244 g/mol. The molecule has 2 amide bonds. The van der Waals surface area contributed by atoms with Gasteiger partial charge in [-0.05, 0) is 18.4 Å². The van der Waals surface area contributed by atoms with Crippen LogP contribution in [0.2, 0.25) is 0 Å². The van der Waals surface area contributed by atoms with Gasteiger partial charge in [0.25, 0.3) is 0 Å². The summed E-state index contributed by atoms with van der Waals surface area (Å²) in [6.07, 6.45) is 1.15. The summed E-state index contributed by atoms with van der Waals surface area (Å²) in [6.45, 7) is 1.23. The Balaban J connectivity index is 1.84. The molecule has 0 saturated carbocycles. The molecule has 1 fully saturated rings. The number of amides is 2. The highest BCUT2D eigenvalue weighted by Gasteiger charge is 2.27. The van der Waals surface area contributed by atoms with Gasteiger partial charge >= 0.3 is 6.09 Å². The van der Waals surface area contributed by atoms with Crippen molar-refractivity contribution in [1.29, 1.82) is 0 Å². The van der Waals surface area contributed by atoms with Crippen LogP contribution in [0, 0.1) is 5.92 Å². The van der Waals surface area contributed by atoms with Crippen molar-refractivity contribution in [3.05, 3.63) is 35.9 Å². The largest absolute Gasteiger partial charge is 0.445 e. The van der Waals surface area contributed by atoms with Crippen LogP contribution >= 0.6 is 0 Å². The zero-order valence-corrected chi connectivity index (χ0v) is 10.7. The topological polar surface area (TPSA) is 72.6 Å². The monoisotopic (exact) mass is 262 g/mol. The van der Waals surface area contributed by atoms with E-state index in [2.05, 4.69) is 0 Å². The molecule has 0 aromatic heterocycles. The Bertz CT molecular complexity index is 447. The van der Waals surface area contributed by atoms with Gasteiger partial charge in [0.1, 0.15) is 6.61 Å². The van der Waals surface area contributed by atoms with E-state index < -0.39 is 0 Å². The third-order valence-corrected chi connectivity index (χ3v) is 3.29. The molecule has 2 N–H and O–H groups in total. The van der Waals surface area contributed by atoms with Crippen molar-refractivity contribution in [2.75, 3.05) is 13.1 Å². The number of carbonyl (C=O) groups excluding carboxylic acids is 2. The maximum absolute atomic E-state index is 11.9. The molecule has 1 aromatic rings. The molecule has 1 aliphatic rings. The van der Waals surface area contributed by atoms with Gasteiger partial charge in [-0.1, -0.05) is 30.3 Å². The van der Waals surface area contributed by atoms with Crippen molar-refractivity contribution in [3.63, 3.8) is 0 Å². The number of rotatable bonds is 3. The minimum absolute atomic E-state index is 0.247. The SMILES string of the molecule is NC(=O)C1CCCN(C(=O)OCc2ccccc2)C1. The first-order valence-electron chi connectivity index (χ1n) is 6.42. The molecule has 5 heteroatoms. The lowest BCUT2D eigenvalue weighted by Crippen LogP contribution is -2.44. The molecule has 0 aliphatic carbocycles. The highest BCUT2D eigenvalue weighted by molar-refractivity contribution is 5.78. The lowest BCUT2D eigenvalue weighted by Gasteiger charge is -2.30. The fourth-order valence-corrected chi connectivity index (χ4v) is 2.19. The number of primary amides is 1. The Morgan fingerprint density at radius 1 is 1.32 bits per heavy atom. The predicted molar refractivity (Wildman–Crippen MR) is 70.1 cm³/mol. The second-order valence-corrected chi connectivity index (χ2v) is 4.73. The van der Waals surface area contributed by atoms with E-state index in [9.17, 15) is 9.59 Å². The van der Waals surface area contributed by atoms with Gasteiger partial charge in [0.15, 0.2) is 0 Å². The van der Waals surface area contributed by atoms with Gasteiger partial charge in [-0.15, -0.1) is 0 Å². The van der Waals surface area contributed by atoms with Gasteiger partial charge in [-0.25, -0.2) is 4.79 Å². The van der Waals surface area contributed by atoms with Crippen LogP contribution in [0.4, 0.5) is 4.79 Å². The number of ether oxygens (including phenoxy) is 1. The summed E-state index contributed by atoms with van der Waals surface area (Å²) in [5.41, 5.74) is 6.22. The second kappa shape index (κ2) is 6.22. The number of carbonyl (C=O) groups is 2. The predicted octanol–water partition coefficient (Wildman–Crippen LogP) is 1.52. The quantitative estimate of drug-likeness (QED) is 0.897. The zero-order chi connectivity index (χ0) is 13.7. The van der Waals surface area contributed by atoms with E-state index >= 15 is 0 Å². The first-order valence-corrected chi connectivity index (χ1v) is 6.42. The Hall–Kier alpha value is -2.04. The summed E-state index contributed by atoms with van der Waals surface area (Å²) in [4.78, 5) is 24.6. The smallest absolute Gasteiger partial charge is 0.410 e. The summed E-state index contributed by atoms with van der Waals surface area (Å²) < 4.78 is 5.23. The molecule has 1 saturated heterocycles. The molecule has 5 nitrogen and oxygen atoms in total. The molecule has 0 radical (unpaired) electrons. The van der Waals surface area contributed by atoms with Crippen molar-refractivity contribution >= 4 is 12.0 Å². The van der Waals surface area contributed by atoms with E-state index in [1.807, 2.05) is 30.3 Å². The Labute approximate surface area is 112 Å². The van der Waals surface area contributed by atoms with Crippen LogP contribution in [-0.4, -0.2) is 30.0 Å². The van der Waals surface area contributed by atoms with E-state index in [0.717, 1.165) is 18.4 Å². The molecule has 1 heterocycles. The van der Waals surface area contributed by atoms with Crippen LogP contribution in [0.25, 0.3) is 0 Å². The van der Waals surface area contributed by atoms with Gasteiger partial charge in [0, 0.05) is 13.1 Å². The van der Waals surface area contributed by atoms with E-state index in [1.165, 1.54) is 0 Å². The van der Waals surface area contributed by atoms with Gasteiger partial charge in [-0.3, -0.25) is 4.79 Å². The number of nitrogens with two attached hydrogens (primary N) is 1. The summed E-state index contributed by atoms with van der Waals surface area (Å²) in [7, 11) is 0. The van der Waals surface area contributed by atoms with E-state index in [-0.39, 0.29) is 24.5 Å². The summed E-state index contributed by atoms with van der Waals surface area (Å²) in [6, 6.07) is 9.50. The average Bonchev–Trinajstić information content (AvgIpc) is 2.46. The molecular formula is C14H18N2O3. The molecule has 1 unspecified atom stereocenters. The molecule has 0 spiro atoms. The zero-order valence-electron chi connectivity index (χ0n) is 10.7. The average molecular weight is 262 g/mol. The highest BCUT2D eigenvalue weighted by Crippen LogP contribution is 2.17. The lowest BCUT2D eigenvalue weighted by atomic mass is 9.98. The van der Waals surface area contributed by atoms with E-state index in [1.54, 1.807) is 4.90 Å². The van der Waals surface area contributed by atoms with E-state index in [4.69, 9.17) is 10.5 Å². The molecule has 1 aliphatic heterocycles. The summed E-state index contributed by atoms with van der Waals surface area (Å²) >= 11 is 0. The number of likely N-dealkylation sites (tertiary alicyclic amines) is 1. The van der Waals surface area contributed by atoms with Gasteiger partial charge in [0.05, 0.1) is 5.92 Å². The normalized spacial score (nSPS) is 18.9. The second-order valence-electron chi connectivity index (χ2n) is 4.73. The van der Waals surface area contributed by atoms with Crippen molar-refractivity contribution in [3.8, 4) is 0 Å². The number of hydrogen-bond acceptors (Lipinski definition) is 3. The molecule has 1 atom stereocenters. The summed E-state index contributed by atoms with van der Waals surface area (Å²) in [5, 5.41) is 0. The molecule has 0 bridgehead atoms. The first-order chi connectivity index (χ1) is 9.16. The van der Waals surface area contributed by atoms with Gasteiger partial charge < -0.3 is 15.4 Å². The molecule has 102 valence electrons. The fraction of sp³-hybridized carbons (Fsp3) is 0.429. The molecule has 19 heavy (non-hydrogen) atoms. The number of hydrogen-bond donors (Lipinski definition) is 1. The van der Waals surface area contributed by atoms with Crippen LogP contribution in [0.3, 0.4) is 0 Å². The third-order valence-electron chi connectivity index (χ3n) is 3.29. The standard InChI is InChI=1S/C14H18N2O3/c15-13(17)12-7-4-8-16(9-12)14(18)19-10-11-5-2-1-3-6-11/h1-3,5-6,12H,4,7-10H2,(H2,15,17). The fourth-order valence-electron chi connectivity index (χ4n) is 2.19. The summed E-state index contributed by atoms with van der Waals surface area (Å²) in [5.74, 6) is -0.599.